The van der Waals surface area contributed by atoms with Gasteiger partial charge in [-0.05, 0) is 13.0 Å². The van der Waals surface area contributed by atoms with Gasteiger partial charge in [0.05, 0.1) is 35.4 Å². The molecule has 0 saturated heterocycles. The van der Waals surface area contributed by atoms with Crippen LogP contribution in [0, 0.1) is 11.6 Å². The molecule has 2 aliphatic heterocycles. The monoisotopic (exact) mass is 427 g/mol. The van der Waals surface area contributed by atoms with Crippen LogP contribution in [0.15, 0.2) is 36.1 Å². The molecule has 0 bridgehead atoms. The van der Waals surface area contributed by atoms with Crippen LogP contribution >= 0.6 is 0 Å². The van der Waals surface area contributed by atoms with Crippen LogP contribution in [0.2, 0.25) is 0 Å². The lowest BCUT2D eigenvalue weighted by molar-refractivity contribution is -0.143. The normalized spacial score (nSPS) is 19.1. The molecule has 1 atom stereocenters. The number of anilines is 1. The molecule has 1 amide bonds. The van der Waals surface area contributed by atoms with Gasteiger partial charge in [-0.1, -0.05) is 0 Å². The second-order valence-corrected chi connectivity index (χ2v) is 6.58. The van der Waals surface area contributed by atoms with Crippen LogP contribution in [0.5, 0.6) is 0 Å². The van der Waals surface area contributed by atoms with Crippen molar-refractivity contribution in [2.75, 3.05) is 11.6 Å². The Labute approximate surface area is 166 Å². The van der Waals surface area contributed by atoms with Gasteiger partial charge in [0, 0.05) is 19.2 Å². The van der Waals surface area contributed by atoms with Crippen molar-refractivity contribution >= 4 is 11.9 Å². The van der Waals surface area contributed by atoms with Crippen molar-refractivity contribution in [3.05, 3.63) is 58.9 Å². The highest BCUT2D eigenvalue weighted by atomic mass is 19.4. The Balaban J connectivity index is 1.61. The largest absolute Gasteiger partial charge is 0.436 e. The molecule has 8 nitrogen and oxygen atoms in total. The average molecular weight is 427 g/mol. The summed E-state index contributed by atoms with van der Waals surface area (Å²) in [5.41, 5.74) is 4.41. The molecule has 0 radical (unpaired) electrons. The van der Waals surface area contributed by atoms with Crippen molar-refractivity contribution in [1.82, 2.24) is 30.8 Å². The van der Waals surface area contributed by atoms with E-state index in [0.717, 1.165) is 24.7 Å². The number of hydrogen-bond donors (Lipinski definition) is 2. The Kier molecular flexibility index (Phi) is 4.76. The number of halogens is 5. The Morgan fingerprint density at radius 2 is 1.90 bits per heavy atom. The fourth-order valence-corrected chi connectivity index (χ4v) is 3.37. The third kappa shape index (κ3) is 3.30. The van der Waals surface area contributed by atoms with E-state index in [2.05, 4.69) is 25.9 Å². The van der Waals surface area contributed by atoms with E-state index in [1.54, 1.807) is 6.92 Å². The van der Waals surface area contributed by atoms with Gasteiger partial charge in [0.2, 0.25) is 5.95 Å². The summed E-state index contributed by atoms with van der Waals surface area (Å²) in [6.45, 7) is 1.74. The molecule has 2 aromatic rings. The maximum atomic E-state index is 14.4. The molecule has 0 spiro atoms. The second-order valence-electron chi connectivity index (χ2n) is 6.58. The summed E-state index contributed by atoms with van der Waals surface area (Å²) in [6, 6.07) is 0.295. The number of aromatic nitrogens is 3. The first-order chi connectivity index (χ1) is 14.2. The minimum absolute atomic E-state index is 0.100. The summed E-state index contributed by atoms with van der Waals surface area (Å²) in [4.78, 5) is 24.9. The van der Waals surface area contributed by atoms with Gasteiger partial charge in [-0.2, -0.15) is 13.2 Å². The number of hydrazine groups is 2. The Bertz CT molecular complexity index is 1020. The van der Waals surface area contributed by atoms with E-state index in [-0.39, 0.29) is 18.9 Å². The number of nitrogens with one attached hydrogen (secondary N) is 2. The number of nitrogens with zero attached hydrogens (tertiary/aromatic N) is 5. The van der Waals surface area contributed by atoms with Crippen LogP contribution in [-0.4, -0.2) is 38.3 Å². The van der Waals surface area contributed by atoms with Crippen molar-refractivity contribution in [2.45, 2.75) is 25.6 Å². The molecule has 2 N–H and O–H groups in total. The van der Waals surface area contributed by atoms with Crippen LogP contribution < -0.4 is 16.0 Å². The zero-order valence-corrected chi connectivity index (χ0v) is 15.3. The van der Waals surface area contributed by atoms with Crippen LogP contribution in [0.25, 0.3) is 0 Å². The molecule has 4 rings (SSSR count). The fraction of sp³-hybridized carbons (Fsp3) is 0.294. The molecular formula is C17H14F5N7O. The number of rotatable bonds is 2. The summed E-state index contributed by atoms with van der Waals surface area (Å²) >= 11 is 0. The van der Waals surface area contributed by atoms with Crippen molar-refractivity contribution < 1.29 is 26.7 Å². The summed E-state index contributed by atoms with van der Waals surface area (Å²) < 4.78 is 66.2. The molecule has 0 aromatic carbocycles. The van der Waals surface area contributed by atoms with Gasteiger partial charge in [-0.25, -0.2) is 28.7 Å². The first kappa shape index (κ1) is 19.9. The number of carbonyl (C=O) groups is 1. The molecule has 0 saturated carbocycles. The smallest absolute Gasteiger partial charge is 0.330 e. The maximum Gasteiger partial charge on any atom is 0.436 e. The van der Waals surface area contributed by atoms with Gasteiger partial charge >= 0.3 is 6.18 Å². The van der Waals surface area contributed by atoms with Gasteiger partial charge in [-0.3, -0.25) is 4.79 Å². The zero-order chi connectivity index (χ0) is 21.6. The maximum absolute atomic E-state index is 14.4. The zero-order valence-electron chi connectivity index (χ0n) is 15.3. The number of amides is 1. The van der Waals surface area contributed by atoms with Crippen LogP contribution in [0.1, 0.15) is 29.4 Å². The van der Waals surface area contributed by atoms with Crippen molar-refractivity contribution in [1.29, 1.82) is 0 Å². The minimum atomic E-state index is -5.02. The average Bonchev–Trinajstić information content (AvgIpc) is 3.13. The van der Waals surface area contributed by atoms with Crippen molar-refractivity contribution in [3.63, 3.8) is 0 Å². The molecule has 30 heavy (non-hydrogen) atoms. The number of pyridine rings is 1. The number of carbonyl (C=O) groups excluding carboxylic acids is 1. The van der Waals surface area contributed by atoms with Crippen molar-refractivity contribution in [3.8, 4) is 0 Å². The first-order valence-electron chi connectivity index (χ1n) is 8.73. The predicted octanol–water partition coefficient (Wildman–Crippen LogP) is 2.14. The summed E-state index contributed by atoms with van der Waals surface area (Å²) in [5.74, 6) is -3.04. The van der Waals surface area contributed by atoms with Crippen LogP contribution in [0.3, 0.4) is 0 Å². The van der Waals surface area contributed by atoms with Crippen LogP contribution in [-0.2, 0) is 6.18 Å². The predicted molar refractivity (Wildman–Crippen MR) is 92.1 cm³/mol. The Morgan fingerprint density at radius 1 is 1.20 bits per heavy atom. The minimum Gasteiger partial charge on any atom is -0.330 e. The van der Waals surface area contributed by atoms with E-state index in [9.17, 15) is 26.7 Å². The summed E-state index contributed by atoms with van der Waals surface area (Å²) in [6.07, 6.45) is -2.01. The molecule has 13 heteroatoms. The highest BCUT2D eigenvalue weighted by Crippen LogP contribution is 2.33. The topological polar surface area (TPSA) is 86.3 Å². The number of hydrogen-bond acceptors (Lipinski definition) is 7. The molecule has 2 aliphatic rings. The number of alkyl halides is 3. The lowest BCUT2D eigenvalue weighted by Gasteiger charge is -2.34. The summed E-state index contributed by atoms with van der Waals surface area (Å²) in [7, 11) is 0. The standard InChI is InChI=1S/C17H14F5N7O/c1-8-13-11(29(27-26-13)16-24-6-9(18)7-25-16)3-5-28(8)15(30)10-2-4-23-14(12(10)19)17(20,21)22/h2,4,6-8,26-27H,3,5H2,1H3/t8-/m0/s1. The first-order valence-corrected chi connectivity index (χ1v) is 8.73. The second kappa shape index (κ2) is 7.16. The van der Waals surface area contributed by atoms with Gasteiger partial charge < -0.3 is 10.3 Å². The third-order valence-electron chi connectivity index (χ3n) is 4.81. The van der Waals surface area contributed by atoms with E-state index in [4.69, 9.17) is 0 Å². The van der Waals surface area contributed by atoms with E-state index < -0.39 is 41.0 Å². The van der Waals surface area contributed by atoms with E-state index in [1.807, 2.05) is 0 Å². The molecule has 0 unspecified atom stereocenters. The molecular weight excluding hydrogens is 413 g/mol. The molecule has 2 aromatic heterocycles. The summed E-state index contributed by atoms with van der Waals surface area (Å²) in [5, 5.41) is 1.47. The lowest BCUT2D eigenvalue weighted by Crippen LogP contribution is -2.46. The molecule has 4 heterocycles. The van der Waals surface area contributed by atoms with E-state index in [0.29, 0.717) is 11.4 Å². The van der Waals surface area contributed by atoms with Gasteiger partial charge in [0.15, 0.2) is 17.3 Å². The molecule has 0 fully saturated rings. The fourth-order valence-electron chi connectivity index (χ4n) is 3.37. The molecule has 158 valence electrons. The Hall–Kier alpha value is -3.35. The highest BCUT2D eigenvalue weighted by Gasteiger charge is 2.41. The highest BCUT2D eigenvalue weighted by molar-refractivity contribution is 5.95. The van der Waals surface area contributed by atoms with Gasteiger partial charge in [0.25, 0.3) is 5.91 Å². The SMILES string of the molecule is C[C@H]1C2=C(CCN1C(=O)c1ccnc(C(F)(F)F)c1F)N(c1ncc(F)cn1)NN2. The lowest BCUT2D eigenvalue weighted by atomic mass is 10.0. The van der Waals surface area contributed by atoms with Gasteiger partial charge in [0.1, 0.15) is 0 Å². The quantitative estimate of drug-likeness (QED) is 0.711. The Morgan fingerprint density at radius 3 is 2.57 bits per heavy atom. The molecule has 0 aliphatic carbocycles. The third-order valence-corrected chi connectivity index (χ3v) is 4.81. The van der Waals surface area contributed by atoms with E-state index >= 15 is 0 Å². The van der Waals surface area contributed by atoms with Crippen molar-refractivity contribution in [2.24, 2.45) is 0 Å². The van der Waals surface area contributed by atoms with E-state index in [1.165, 1.54) is 9.91 Å². The van der Waals surface area contributed by atoms with Crippen LogP contribution in [0.4, 0.5) is 27.9 Å². The van der Waals surface area contributed by atoms with Gasteiger partial charge in [-0.15, -0.1) is 5.53 Å².